The fraction of sp³-hybridized carbons (Fsp3) is 0.500. The van der Waals surface area contributed by atoms with Crippen LogP contribution in [-0.2, 0) is 16.6 Å². The number of aryl methyl sites for hydroxylation is 1. The number of benzene rings is 1. The van der Waals surface area contributed by atoms with Crippen molar-refractivity contribution < 1.29 is 8.42 Å². The van der Waals surface area contributed by atoms with Gasteiger partial charge in [-0.05, 0) is 18.4 Å². The van der Waals surface area contributed by atoms with Crippen molar-refractivity contribution in [3.63, 3.8) is 0 Å². The van der Waals surface area contributed by atoms with Gasteiger partial charge in [-0.25, -0.2) is 13.1 Å². The molecule has 0 aliphatic rings. The van der Waals surface area contributed by atoms with Crippen molar-refractivity contribution in [2.45, 2.75) is 20.4 Å². The van der Waals surface area contributed by atoms with E-state index in [0.717, 1.165) is 11.1 Å². The second-order valence-electron chi connectivity index (χ2n) is 4.35. The third kappa shape index (κ3) is 5.52. The number of halogens is 1. The lowest BCUT2D eigenvalue weighted by Gasteiger charge is -2.10. The molecule has 17 heavy (non-hydrogen) atoms. The van der Waals surface area contributed by atoms with Gasteiger partial charge in [0.2, 0.25) is 10.0 Å². The summed E-state index contributed by atoms with van der Waals surface area (Å²) in [7, 11) is -3.24. The van der Waals surface area contributed by atoms with Gasteiger partial charge < -0.3 is 0 Å². The molecule has 0 spiro atoms. The van der Waals surface area contributed by atoms with Gasteiger partial charge in [0, 0.05) is 12.4 Å². The van der Waals surface area contributed by atoms with E-state index in [0.29, 0.717) is 12.4 Å². The predicted molar refractivity (Wildman–Crippen MR) is 71.7 cm³/mol. The molecule has 1 aromatic carbocycles. The molecule has 1 N–H and O–H groups in total. The first-order valence-electron chi connectivity index (χ1n) is 5.52. The molecule has 1 rings (SSSR count). The van der Waals surface area contributed by atoms with Gasteiger partial charge >= 0.3 is 0 Å². The van der Waals surface area contributed by atoms with E-state index < -0.39 is 10.0 Å². The van der Waals surface area contributed by atoms with Crippen molar-refractivity contribution in [1.82, 2.24) is 4.72 Å². The Bertz CT molecular complexity index is 442. The second kappa shape index (κ2) is 6.38. The molecule has 96 valence electrons. The molecule has 1 atom stereocenters. The predicted octanol–water partition coefficient (Wildman–Crippen LogP) is 2.29. The third-order valence-corrected chi connectivity index (χ3v) is 4.50. The largest absolute Gasteiger partial charge is 0.212 e. The van der Waals surface area contributed by atoms with Crippen LogP contribution in [-0.4, -0.2) is 20.1 Å². The highest BCUT2D eigenvalue weighted by atomic mass is 35.5. The number of hydrogen-bond donors (Lipinski definition) is 1. The van der Waals surface area contributed by atoms with Crippen LogP contribution in [0.3, 0.4) is 0 Å². The molecule has 1 aromatic rings. The molecule has 3 nitrogen and oxygen atoms in total. The minimum atomic E-state index is -3.24. The molecular formula is C12H18ClNO2S. The molecule has 0 aliphatic carbocycles. The number of alkyl halides is 1. The van der Waals surface area contributed by atoms with E-state index in [-0.39, 0.29) is 11.7 Å². The van der Waals surface area contributed by atoms with Crippen LogP contribution in [0.2, 0.25) is 0 Å². The van der Waals surface area contributed by atoms with Gasteiger partial charge in [0.25, 0.3) is 0 Å². The van der Waals surface area contributed by atoms with Gasteiger partial charge in [-0.3, -0.25) is 0 Å². The van der Waals surface area contributed by atoms with Crippen molar-refractivity contribution in [3.05, 3.63) is 35.4 Å². The van der Waals surface area contributed by atoms with Gasteiger partial charge in [-0.1, -0.05) is 36.8 Å². The molecule has 5 heteroatoms. The SMILES string of the molecule is Cc1ccc(CNS(=O)(=O)CC(C)CCl)cc1. The van der Waals surface area contributed by atoms with Crippen LogP contribution < -0.4 is 4.72 Å². The molecule has 0 saturated carbocycles. The first-order chi connectivity index (χ1) is 7.93. The summed E-state index contributed by atoms with van der Waals surface area (Å²) < 4.78 is 25.9. The molecule has 0 aromatic heterocycles. The van der Waals surface area contributed by atoms with E-state index in [4.69, 9.17) is 11.6 Å². The summed E-state index contributed by atoms with van der Waals surface area (Å²) in [6, 6.07) is 7.77. The summed E-state index contributed by atoms with van der Waals surface area (Å²) >= 11 is 5.60. The van der Waals surface area contributed by atoms with E-state index in [1.165, 1.54) is 0 Å². The van der Waals surface area contributed by atoms with Crippen LogP contribution in [0.15, 0.2) is 24.3 Å². The van der Waals surface area contributed by atoms with Crippen molar-refractivity contribution >= 4 is 21.6 Å². The summed E-state index contributed by atoms with van der Waals surface area (Å²) in [6.45, 7) is 4.14. The van der Waals surface area contributed by atoms with Gasteiger partial charge in [-0.15, -0.1) is 11.6 Å². The maximum atomic E-state index is 11.7. The van der Waals surface area contributed by atoms with Gasteiger partial charge in [0.1, 0.15) is 0 Å². The van der Waals surface area contributed by atoms with Gasteiger partial charge in [0.05, 0.1) is 5.75 Å². The van der Waals surface area contributed by atoms with Crippen LogP contribution in [0.25, 0.3) is 0 Å². The number of nitrogens with one attached hydrogen (secondary N) is 1. The minimum Gasteiger partial charge on any atom is -0.212 e. The molecule has 0 bridgehead atoms. The molecule has 1 unspecified atom stereocenters. The Kier molecular flexibility index (Phi) is 5.43. The standard InChI is InChI=1S/C12H18ClNO2S/c1-10-3-5-12(6-4-10)8-14-17(15,16)9-11(2)7-13/h3-6,11,14H,7-9H2,1-2H3. The third-order valence-electron chi connectivity index (χ3n) is 2.38. The lowest BCUT2D eigenvalue weighted by molar-refractivity contribution is 0.568. The maximum absolute atomic E-state index is 11.7. The average Bonchev–Trinajstić information content (AvgIpc) is 2.28. The average molecular weight is 276 g/mol. The zero-order valence-electron chi connectivity index (χ0n) is 10.1. The Morgan fingerprint density at radius 3 is 2.41 bits per heavy atom. The van der Waals surface area contributed by atoms with E-state index in [9.17, 15) is 8.42 Å². The van der Waals surface area contributed by atoms with Gasteiger partial charge in [0.15, 0.2) is 0 Å². The summed E-state index contributed by atoms with van der Waals surface area (Å²) in [4.78, 5) is 0. The van der Waals surface area contributed by atoms with Gasteiger partial charge in [-0.2, -0.15) is 0 Å². The fourth-order valence-corrected chi connectivity index (χ4v) is 2.99. The second-order valence-corrected chi connectivity index (χ2v) is 6.51. The normalized spacial score (nSPS) is 13.6. The Labute approximate surface area is 108 Å². The van der Waals surface area contributed by atoms with Crippen LogP contribution in [0, 0.1) is 12.8 Å². The number of hydrogen-bond acceptors (Lipinski definition) is 2. The Morgan fingerprint density at radius 2 is 1.88 bits per heavy atom. The lowest BCUT2D eigenvalue weighted by Crippen LogP contribution is -2.29. The quantitative estimate of drug-likeness (QED) is 0.810. The first kappa shape index (κ1) is 14.5. The Morgan fingerprint density at radius 1 is 1.29 bits per heavy atom. The van der Waals surface area contributed by atoms with E-state index in [2.05, 4.69) is 4.72 Å². The molecule has 0 fully saturated rings. The van der Waals surface area contributed by atoms with Crippen molar-refractivity contribution in [2.75, 3.05) is 11.6 Å². The van der Waals surface area contributed by atoms with Crippen molar-refractivity contribution in [3.8, 4) is 0 Å². The fourth-order valence-electron chi connectivity index (χ4n) is 1.38. The van der Waals surface area contributed by atoms with E-state index in [1.807, 2.05) is 38.1 Å². The Balaban J connectivity index is 2.52. The summed E-state index contributed by atoms with van der Waals surface area (Å²) in [5, 5.41) is 0. The van der Waals surface area contributed by atoms with E-state index >= 15 is 0 Å². The summed E-state index contributed by atoms with van der Waals surface area (Å²) in [6.07, 6.45) is 0. The van der Waals surface area contributed by atoms with E-state index in [1.54, 1.807) is 0 Å². The molecule has 0 amide bonds. The highest BCUT2D eigenvalue weighted by molar-refractivity contribution is 7.89. The minimum absolute atomic E-state index is 0.0350. The van der Waals surface area contributed by atoms with Crippen molar-refractivity contribution in [2.24, 2.45) is 5.92 Å². The monoisotopic (exact) mass is 275 g/mol. The highest BCUT2D eigenvalue weighted by Gasteiger charge is 2.14. The maximum Gasteiger partial charge on any atom is 0.212 e. The van der Waals surface area contributed by atoms with Crippen LogP contribution in [0.4, 0.5) is 0 Å². The van der Waals surface area contributed by atoms with Crippen LogP contribution in [0.1, 0.15) is 18.1 Å². The zero-order chi connectivity index (χ0) is 12.9. The molecule has 0 heterocycles. The molecular weight excluding hydrogens is 258 g/mol. The highest BCUT2D eigenvalue weighted by Crippen LogP contribution is 2.05. The first-order valence-corrected chi connectivity index (χ1v) is 7.70. The molecule has 0 radical (unpaired) electrons. The van der Waals surface area contributed by atoms with Crippen molar-refractivity contribution in [1.29, 1.82) is 0 Å². The zero-order valence-corrected chi connectivity index (χ0v) is 11.7. The summed E-state index contributed by atoms with van der Waals surface area (Å²) in [5.74, 6) is 0.389. The molecule has 0 saturated heterocycles. The Hall–Kier alpha value is -0.580. The number of sulfonamides is 1. The lowest BCUT2D eigenvalue weighted by atomic mass is 10.2. The molecule has 0 aliphatic heterocycles. The topological polar surface area (TPSA) is 46.2 Å². The summed E-state index contributed by atoms with van der Waals surface area (Å²) in [5.41, 5.74) is 2.12. The van der Waals surface area contributed by atoms with Crippen LogP contribution >= 0.6 is 11.6 Å². The van der Waals surface area contributed by atoms with Crippen LogP contribution in [0.5, 0.6) is 0 Å². The number of rotatable bonds is 6. The smallest absolute Gasteiger partial charge is 0.212 e.